The van der Waals surface area contributed by atoms with E-state index in [2.05, 4.69) is 0 Å². The summed E-state index contributed by atoms with van der Waals surface area (Å²) in [6.45, 7) is 3.48. The minimum absolute atomic E-state index is 0.142. The molecule has 6 heteroatoms. The Morgan fingerprint density at radius 1 is 1.23 bits per heavy atom. The number of hydrogen-bond donors (Lipinski definition) is 1. The molecular weight excluding hydrogens is 304 g/mol. The van der Waals surface area contributed by atoms with Crippen LogP contribution >= 0.6 is 0 Å². The summed E-state index contributed by atoms with van der Waals surface area (Å²) in [6.07, 6.45) is 2.90. The van der Waals surface area contributed by atoms with Crippen LogP contribution in [0, 0.1) is 5.92 Å². The Balaban J connectivity index is 3.10. The lowest BCUT2D eigenvalue weighted by atomic mass is 10.0. The van der Waals surface area contributed by atoms with Gasteiger partial charge in [0.1, 0.15) is 5.75 Å². The Hall–Kier alpha value is -1.56. The van der Waals surface area contributed by atoms with Crippen molar-refractivity contribution in [3.8, 4) is 5.75 Å². The average molecular weight is 328 g/mol. The third-order valence-corrected chi connectivity index (χ3v) is 6.20. The van der Waals surface area contributed by atoms with E-state index in [4.69, 9.17) is 4.74 Å². The molecule has 0 radical (unpaired) electrons. The number of rotatable bonds is 9. The molecular formula is C16H24O5S. The van der Waals surface area contributed by atoms with E-state index in [1.54, 1.807) is 12.1 Å². The lowest BCUT2D eigenvalue weighted by molar-refractivity contribution is -0.141. The number of carbonyl (C=O) groups is 1. The van der Waals surface area contributed by atoms with E-state index in [0.29, 0.717) is 18.6 Å². The first-order valence-corrected chi connectivity index (χ1v) is 9.00. The van der Waals surface area contributed by atoms with Crippen LogP contribution in [-0.4, -0.2) is 31.9 Å². The number of benzene rings is 1. The summed E-state index contributed by atoms with van der Waals surface area (Å²) in [7, 11) is -2.18. The van der Waals surface area contributed by atoms with E-state index in [1.165, 1.54) is 26.2 Å². The monoisotopic (exact) mass is 328 g/mol. The molecule has 0 aromatic heterocycles. The van der Waals surface area contributed by atoms with Crippen molar-refractivity contribution in [1.29, 1.82) is 0 Å². The Kier molecular flexibility index (Phi) is 6.87. The minimum Gasteiger partial charge on any atom is -0.497 e. The SMILES string of the molecule is CCCCCC(C(C)C(=O)O)S(=O)(=O)c1ccc(OC)cc1. The van der Waals surface area contributed by atoms with Gasteiger partial charge in [0.2, 0.25) is 0 Å². The van der Waals surface area contributed by atoms with Gasteiger partial charge in [0, 0.05) is 0 Å². The number of hydrogen-bond acceptors (Lipinski definition) is 4. The molecule has 1 aromatic carbocycles. The van der Waals surface area contributed by atoms with Crippen molar-refractivity contribution in [2.24, 2.45) is 5.92 Å². The molecule has 0 fully saturated rings. The highest BCUT2D eigenvalue weighted by Crippen LogP contribution is 2.27. The van der Waals surface area contributed by atoms with Crippen LogP contribution in [0.15, 0.2) is 29.2 Å². The lowest BCUT2D eigenvalue weighted by Crippen LogP contribution is -2.33. The van der Waals surface area contributed by atoms with E-state index in [-0.39, 0.29) is 4.90 Å². The first kappa shape index (κ1) is 18.5. The quantitative estimate of drug-likeness (QED) is 0.704. The molecule has 0 aliphatic heterocycles. The normalized spacial score (nSPS) is 14.3. The van der Waals surface area contributed by atoms with Crippen LogP contribution in [0.3, 0.4) is 0 Å². The number of ether oxygens (including phenoxy) is 1. The molecule has 0 bridgehead atoms. The predicted octanol–water partition coefficient (Wildman–Crippen LogP) is 3.14. The summed E-state index contributed by atoms with van der Waals surface area (Å²) < 4.78 is 30.6. The molecule has 0 amide bonds. The molecule has 0 saturated heterocycles. The van der Waals surface area contributed by atoms with Crippen molar-refractivity contribution in [3.63, 3.8) is 0 Å². The smallest absolute Gasteiger partial charge is 0.307 e. The average Bonchev–Trinajstić information content (AvgIpc) is 2.50. The van der Waals surface area contributed by atoms with E-state index < -0.39 is 27.0 Å². The fraction of sp³-hybridized carbons (Fsp3) is 0.562. The number of carboxylic acid groups (broad SMARTS) is 1. The number of sulfone groups is 1. The highest BCUT2D eigenvalue weighted by molar-refractivity contribution is 7.92. The van der Waals surface area contributed by atoms with Crippen molar-refractivity contribution in [1.82, 2.24) is 0 Å². The van der Waals surface area contributed by atoms with E-state index in [1.807, 2.05) is 6.92 Å². The first-order chi connectivity index (χ1) is 10.3. The summed E-state index contributed by atoms with van der Waals surface area (Å²) in [5.41, 5.74) is 0. The number of aliphatic carboxylic acids is 1. The van der Waals surface area contributed by atoms with E-state index in [0.717, 1.165) is 12.8 Å². The zero-order chi connectivity index (χ0) is 16.8. The molecule has 1 aromatic rings. The molecule has 0 aliphatic carbocycles. The van der Waals surface area contributed by atoms with Crippen molar-refractivity contribution in [2.75, 3.05) is 7.11 Å². The van der Waals surface area contributed by atoms with Gasteiger partial charge in [0.15, 0.2) is 9.84 Å². The Labute approximate surface area is 132 Å². The first-order valence-electron chi connectivity index (χ1n) is 7.45. The van der Waals surface area contributed by atoms with Crippen LogP contribution in [0.1, 0.15) is 39.5 Å². The summed E-state index contributed by atoms with van der Waals surface area (Å²) in [6, 6.07) is 6.08. The molecule has 2 atom stereocenters. The molecule has 22 heavy (non-hydrogen) atoms. The van der Waals surface area contributed by atoms with Crippen LogP contribution in [0.4, 0.5) is 0 Å². The third kappa shape index (κ3) is 4.47. The molecule has 124 valence electrons. The maximum atomic E-state index is 12.8. The molecule has 0 aliphatic rings. The van der Waals surface area contributed by atoms with Gasteiger partial charge in [-0.05, 0) is 30.7 Å². The van der Waals surface area contributed by atoms with Gasteiger partial charge in [-0.25, -0.2) is 8.42 Å². The molecule has 2 unspecified atom stereocenters. The second-order valence-electron chi connectivity index (χ2n) is 5.38. The fourth-order valence-electron chi connectivity index (χ4n) is 2.37. The summed E-state index contributed by atoms with van der Waals surface area (Å²) in [5, 5.41) is 8.30. The van der Waals surface area contributed by atoms with Crippen LogP contribution in [-0.2, 0) is 14.6 Å². The maximum absolute atomic E-state index is 12.8. The van der Waals surface area contributed by atoms with E-state index >= 15 is 0 Å². The molecule has 0 saturated carbocycles. The lowest BCUT2D eigenvalue weighted by Gasteiger charge is -2.21. The highest BCUT2D eigenvalue weighted by Gasteiger charge is 2.35. The molecule has 1 N–H and O–H groups in total. The number of unbranched alkanes of at least 4 members (excludes halogenated alkanes) is 2. The largest absolute Gasteiger partial charge is 0.497 e. The van der Waals surface area contributed by atoms with Crippen molar-refractivity contribution >= 4 is 15.8 Å². The van der Waals surface area contributed by atoms with Gasteiger partial charge in [-0.2, -0.15) is 0 Å². The highest BCUT2D eigenvalue weighted by atomic mass is 32.2. The van der Waals surface area contributed by atoms with Crippen molar-refractivity contribution in [3.05, 3.63) is 24.3 Å². The van der Waals surface area contributed by atoms with Gasteiger partial charge < -0.3 is 9.84 Å². The molecule has 0 heterocycles. The van der Waals surface area contributed by atoms with Gasteiger partial charge in [0.25, 0.3) is 0 Å². The Morgan fingerprint density at radius 3 is 2.27 bits per heavy atom. The zero-order valence-electron chi connectivity index (χ0n) is 13.3. The number of carboxylic acids is 1. The predicted molar refractivity (Wildman–Crippen MR) is 84.9 cm³/mol. The summed E-state index contributed by atoms with van der Waals surface area (Å²) in [5.74, 6) is -1.46. The summed E-state index contributed by atoms with van der Waals surface area (Å²) >= 11 is 0. The molecule has 0 spiro atoms. The second-order valence-corrected chi connectivity index (χ2v) is 7.55. The topological polar surface area (TPSA) is 80.7 Å². The van der Waals surface area contributed by atoms with Crippen LogP contribution in [0.2, 0.25) is 0 Å². The van der Waals surface area contributed by atoms with Gasteiger partial charge in [-0.1, -0.05) is 33.1 Å². The zero-order valence-corrected chi connectivity index (χ0v) is 14.1. The van der Waals surface area contributed by atoms with E-state index in [9.17, 15) is 18.3 Å². The third-order valence-electron chi connectivity index (χ3n) is 3.83. The van der Waals surface area contributed by atoms with Gasteiger partial charge in [-0.3, -0.25) is 4.79 Å². The fourth-order valence-corrected chi connectivity index (χ4v) is 4.36. The Bertz CT molecular complexity index is 577. The minimum atomic E-state index is -3.69. The van der Waals surface area contributed by atoms with Gasteiger partial charge in [0.05, 0.1) is 23.2 Å². The van der Waals surface area contributed by atoms with Crippen LogP contribution in [0.5, 0.6) is 5.75 Å². The van der Waals surface area contributed by atoms with Gasteiger partial charge in [-0.15, -0.1) is 0 Å². The van der Waals surface area contributed by atoms with Crippen molar-refractivity contribution in [2.45, 2.75) is 49.7 Å². The second kappa shape index (κ2) is 8.17. The van der Waals surface area contributed by atoms with Crippen LogP contribution in [0.25, 0.3) is 0 Å². The molecule has 5 nitrogen and oxygen atoms in total. The van der Waals surface area contributed by atoms with Crippen molar-refractivity contribution < 1.29 is 23.1 Å². The maximum Gasteiger partial charge on any atom is 0.307 e. The van der Waals surface area contributed by atoms with Crippen LogP contribution < -0.4 is 4.74 Å². The standard InChI is InChI=1S/C16H24O5S/c1-4-5-6-7-15(12(2)16(17)18)22(19,20)14-10-8-13(21-3)9-11-14/h8-12,15H,4-7H2,1-3H3,(H,17,18). The van der Waals surface area contributed by atoms with Gasteiger partial charge >= 0.3 is 5.97 Å². The number of methoxy groups -OCH3 is 1. The Morgan fingerprint density at radius 2 is 1.82 bits per heavy atom. The molecule has 1 rings (SSSR count). The summed E-state index contributed by atoms with van der Waals surface area (Å²) in [4.78, 5) is 11.4.